The number of hydrogen-bond donors (Lipinski definition) is 0. The molecule has 2 nitrogen and oxygen atoms in total. The Morgan fingerprint density at radius 1 is 1.54 bits per heavy atom. The van der Waals surface area contributed by atoms with Crippen LogP contribution in [-0.2, 0) is 0 Å². The normalized spacial score (nSPS) is 11.8. The highest BCUT2D eigenvalue weighted by Gasteiger charge is 2.15. The summed E-state index contributed by atoms with van der Waals surface area (Å²) in [6.45, 7) is 7.71. The van der Waals surface area contributed by atoms with E-state index in [0.717, 1.165) is 16.3 Å². The molecule has 1 aromatic heterocycles. The lowest BCUT2D eigenvalue weighted by Crippen LogP contribution is -2.28. The summed E-state index contributed by atoms with van der Waals surface area (Å²) in [4.78, 5) is 6.55. The van der Waals surface area contributed by atoms with Crippen molar-refractivity contribution in [2.24, 2.45) is 5.41 Å². The summed E-state index contributed by atoms with van der Waals surface area (Å²) >= 11 is 5.02. The Morgan fingerprint density at radius 3 is 2.54 bits per heavy atom. The highest BCUT2D eigenvalue weighted by atomic mass is 79.9. The zero-order valence-corrected chi connectivity index (χ0v) is 10.9. The van der Waals surface area contributed by atoms with E-state index in [1.165, 1.54) is 0 Å². The summed E-state index contributed by atoms with van der Waals surface area (Å²) in [5.41, 5.74) is 0.312. The molecule has 0 aliphatic heterocycles. The molecule has 0 aromatic carbocycles. The quantitative estimate of drug-likeness (QED) is 0.813. The van der Waals surface area contributed by atoms with Gasteiger partial charge in [0.2, 0.25) is 0 Å². The predicted molar refractivity (Wildman–Crippen MR) is 62.5 cm³/mol. The minimum Gasteiger partial charge on any atom is -0.351 e. The average Bonchev–Trinajstić information content (AvgIpc) is 2.31. The van der Waals surface area contributed by atoms with Gasteiger partial charge in [-0.05, 0) is 21.3 Å². The second-order valence-electron chi connectivity index (χ2n) is 4.37. The third-order valence-electron chi connectivity index (χ3n) is 1.50. The number of hydrogen-bond acceptors (Lipinski definition) is 3. The first-order valence-corrected chi connectivity index (χ1v) is 5.88. The van der Waals surface area contributed by atoms with Crippen LogP contribution in [0, 0.1) is 5.41 Å². The minimum absolute atomic E-state index is 0.312. The molecule has 0 saturated carbocycles. The molecule has 0 spiro atoms. The zero-order valence-electron chi connectivity index (χ0n) is 8.47. The fourth-order valence-corrected chi connectivity index (χ4v) is 2.42. The molecular weight excluding hydrogens is 248 g/mol. The Labute approximate surface area is 92.1 Å². The molecule has 0 N–H and O–H groups in total. The maximum Gasteiger partial charge on any atom is 0.186 e. The Hall–Kier alpha value is -0.0900. The van der Waals surface area contributed by atoms with E-state index < -0.39 is 0 Å². The third kappa shape index (κ3) is 3.65. The van der Waals surface area contributed by atoms with Crippen molar-refractivity contribution in [3.63, 3.8) is 0 Å². The van der Waals surface area contributed by atoms with E-state index in [1.54, 1.807) is 11.3 Å². The maximum absolute atomic E-state index is 4.36. The van der Waals surface area contributed by atoms with Crippen LogP contribution in [0.15, 0.2) is 9.98 Å². The van der Waals surface area contributed by atoms with Gasteiger partial charge in [-0.2, -0.15) is 0 Å². The molecule has 74 valence electrons. The fourth-order valence-electron chi connectivity index (χ4n) is 1.20. The van der Waals surface area contributed by atoms with Crippen LogP contribution in [0.4, 0.5) is 5.13 Å². The Bertz CT molecular complexity index is 277. The van der Waals surface area contributed by atoms with Crippen LogP contribution in [0.2, 0.25) is 0 Å². The van der Waals surface area contributed by atoms with Crippen LogP contribution < -0.4 is 4.90 Å². The molecule has 0 bridgehead atoms. The topological polar surface area (TPSA) is 16.1 Å². The number of rotatable bonds is 2. The smallest absolute Gasteiger partial charge is 0.186 e. The summed E-state index contributed by atoms with van der Waals surface area (Å²) in [5.74, 6) is 0. The number of aromatic nitrogens is 1. The first-order chi connectivity index (χ1) is 5.88. The van der Waals surface area contributed by atoms with E-state index in [2.05, 4.69) is 53.6 Å². The van der Waals surface area contributed by atoms with Crippen molar-refractivity contribution in [3.05, 3.63) is 9.98 Å². The van der Waals surface area contributed by atoms with Crippen molar-refractivity contribution >= 4 is 32.4 Å². The van der Waals surface area contributed by atoms with Gasteiger partial charge in [0.1, 0.15) is 4.60 Å². The van der Waals surface area contributed by atoms with Crippen molar-refractivity contribution in [2.75, 3.05) is 18.5 Å². The Balaban J connectivity index is 2.64. The second-order valence-corrected chi connectivity index (χ2v) is 6.02. The summed E-state index contributed by atoms with van der Waals surface area (Å²) in [7, 11) is 2.08. The van der Waals surface area contributed by atoms with E-state index in [4.69, 9.17) is 0 Å². The highest BCUT2D eigenvalue weighted by molar-refractivity contribution is 9.10. The maximum atomic E-state index is 4.36. The van der Waals surface area contributed by atoms with Crippen molar-refractivity contribution in [2.45, 2.75) is 20.8 Å². The van der Waals surface area contributed by atoms with Gasteiger partial charge in [0.05, 0.1) is 0 Å². The Kier molecular flexibility index (Phi) is 3.35. The fraction of sp³-hybridized carbons (Fsp3) is 0.667. The van der Waals surface area contributed by atoms with Crippen LogP contribution in [0.5, 0.6) is 0 Å². The van der Waals surface area contributed by atoms with Crippen LogP contribution in [0.3, 0.4) is 0 Å². The molecule has 0 aliphatic rings. The predicted octanol–water partition coefficient (Wildman–Crippen LogP) is 3.39. The number of nitrogens with zero attached hydrogens (tertiary/aromatic N) is 2. The molecule has 0 atom stereocenters. The summed E-state index contributed by atoms with van der Waals surface area (Å²) in [6.07, 6.45) is 0. The SMILES string of the molecule is CN(CC(C)(C)C)c1nc(Br)cs1. The van der Waals surface area contributed by atoms with Gasteiger partial charge in [-0.1, -0.05) is 20.8 Å². The van der Waals surface area contributed by atoms with Gasteiger partial charge in [0, 0.05) is 19.0 Å². The summed E-state index contributed by atoms with van der Waals surface area (Å²) < 4.78 is 0.924. The molecule has 0 saturated heterocycles. The van der Waals surface area contributed by atoms with Gasteiger partial charge < -0.3 is 4.90 Å². The van der Waals surface area contributed by atoms with Gasteiger partial charge in [-0.3, -0.25) is 0 Å². The van der Waals surface area contributed by atoms with Crippen LogP contribution in [0.25, 0.3) is 0 Å². The van der Waals surface area contributed by atoms with E-state index in [9.17, 15) is 0 Å². The largest absolute Gasteiger partial charge is 0.351 e. The van der Waals surface area contributed by atoms with E-state index in [0.29, 0.717) is 5.41 Å². The average molecular weight is 263 g/mol. The van der Waals surface area contributed by atoms with Gasteiger partial charge in [-0.15, -0.1) is 11.3 Å². The first-order valence-electron chi connectivity index (χ1n) is 4.21. The molecule has 1 rings (SSSR count). The van der Waals surface area contributed by atoms with Crippen molar-refractivity contribution in [3.8, 4) is 0 Å². The van der Waals surface area contributed by atoms with Gasteiger partial charge in [0.25, 0.3) is 0 Å². The van der Waals surface area contributed by atoms with E-state index in [-0.39, 0.29) is 0 Å². The zero-order chi connectivity index (χ0) is 10.1. The van der Waals surface area contributed by atoms with Gasteiger partial charge in [-0.25, -0.2) is 4.98 Å². The number of anilines is 1. The molecule has 0 radical (unpaired) electrons. The number of halogens is 1. The molecule has 0 aliphatic carbocycles. The van der Waals surface area contributed by atoms with Crippen LogP contribution in [-0.4, -0.2) is 18.6 Å². The van der Waals surface area contributed by atoms with E-state index >= 15 is 0 Å². The molecule has 13 heavy (non-hydrogen) atoms. The van der Waals surface area contributed by atoms with Crippen LogP contribution >= 0.6 is 27.3 Å². The van der Waals surface area contributed by atoms with Gasteiger partial charge >= 0.3 is 0 Å². The minimum atomic E-state index is 0.312. The Morgan fingerprint density at radius 2 is 2.15 bits per heavy atom. The molecule has 0 amide bonds. The molecule has 4 heteroatoms. The van der Waals surface area contributed by atoms with Gasteiger partial charge in [0.15, 0.2) is 5.13 Å². The molecule has 0 unspecified atom stereocenters. The van der Waals surface area contributed by atoms with Crippen molar-refractivity contribution in [1.29, 1.82) is 0 Å². The van der Waals surface area contributed by atoms with Crippen LogP contribution in [0.1, 0.15) is 20.8 Å². The second kappa shape index (κ2) is 3.96. The monoisotopic (exact) mass is 262 g/mol. The summed E-state index contributed by atoms with van der Waals surface area (Å²) in [5, 5.41) is 3.08. The lowest BCUT2D eigenvalue weighted by atomic mass is 9.96. The molecule has 0 fully saturated rings. The molecule has 1 aromatic rings. The first kappa shape index (κ1) is 11.0. The van der Waals surface area contributed by atoms with Crippen molar-refractivity contribution in [1.82, 2.24) is 4.98 Å². The standard InChI is InChI=1S/C9H15BrN2S/c1-9(2,3)6-12(4)8-11-7(10)5-13-8/h5H,6H2,1-4H3. The molecule has 1 heterocycles. The number of thiazole rings is 1. The molecular formula is C9H15BrN2S. The highest BCUT2D eigenvalue weighted by Crippen LogP contribution is 2.25. The lowest BCUT2D eigenvalue weighted by molar-refractivity contribution is 0.418. The van der Waals surface area contributed by atoms with Crippen molar-refractivity contribution < 1.29 is 0 Å². The third-order valence-corrected chi connectivity index (χ3v) is 3.17. The van der Waals surface area contributed by atoms with E-state index in [1.807, 2.05) is 5.38 Å². The summed E-state index contributed by atoms with van der Waals surface area (Å²) in [6, 6.07) is 0. The lowest BCUT2D eigenvalue weighted by Gasteiger charge is -2.25.